The molecule has 0 saturated heterocycles. The second-order valence-electron chi connectivity index (χ2n) is 8.42. The van der Waals surface area contributed by atoms with Crippen molar-refractivity contribution < 1.29 is 10.6 Å². The van der Waals surface area contributed by atoms with Gasteiger partial charge in [-0.25, -0.2) is 4.98 Å². The Labute approximate surface area is 205 Å². The lowest BCUT2D eigenvalue weighted by atomic mass is 10.1. The van der Waals surface area contributed by atoms with E-state index >= 15 is 0 Å². The van der Waals surface area contributed by atoms with Crippen LogP contribution in [0.3, 0.4) is 0 Å². The van der Waals surface area contributed by atoms with E-state index in [2.05, 4.69) is 31.2 Å². The average Bonchev–Trinajstić information content (AvgIpc) is 3.48. The molecule has 0 bridgehead atoms. The Morgan fingerprint density at radius 2 is 1.54 bits per heavy atom. The molecular formula is C31H24N2O2. The Balaban J connectivity index is 1.28. The van der Waals surface area contributed by atoms with Crippen LogP contribution in [0.2, 0.25) is 1.41 Å². The fraction of sp³-hybridized carbons (Fsp3) is 0.0645. The number of allylic oxidation sites excluding steroid dienone is 2. The first-order chi connectivity index (χ1) is 17.7. The van der Waals surface area contributed by atoms with E-state index in [0.29, 0.717) is 23.2 Å². The first kappa shape index (κ1) is 19.9. The van der Waals surface area contributed by atoms with Crippen LogP contribution in [0.25, 0.3) is 39.4 Å². The van der Waals surface area contributed by atoms with E-state index < -0.39 is 0 Å². The van der Waals surface area contributed by atoms with Gasteiger partial charge in [-0.05, 0) is 58.5 Å². The van der Waals surface area contributed by atoms with Crippen LogP contribution in [0.15, 0.2) is 119 Å². The summed E-state index contributed by atoms with van der Waals surface area (Å²) in [6.45, 7) is 2.06. The van der Waals surface area contributed by atoms with E-state index in [1.165, 1.54) is 5.31 Å². The molecule has 1 aliphatic rings. The van der Waals surface area contributed by atoms with Gasteiger partial charge < -0.3 is 14.5 Å². The van der Waals surface area contributed by atoms with Crippen molar-refractivity contribution in [3.05, 3.63) is 120 Å². The molecule has 35 heavy (non-hydrogen) atoms. The lowest BCUT2D eigenvalue weighted by molar-refractivity contribution is 0.456. The molecule has 0 saturated carbocycles. The van der Waals surface area contributed by atoms with Crippen LogP contribution in [-0.2, 0) is 0 Å². The molecule has 0 atom stereocenters. The maximum absolute atomic E-state index is 8.65. The molecule has 5 aromatic rings. The zero-order valence-corrected chi connectivity index (χ0v) is 19.3. The number of fused-ring (bicyclic) bond motifs is 2. The third kappa shape index (κ3) is 4.34. The van der Waals surface area contributed by atoms with Crippen molar-refractivity contribution in [2.75, 3.05) is 5.31 Å². The summed E-state index contributed by atoms with van der Waals surface area (Å²) in [4.78, 5) is 4.69. The van der Waals surface area contributed by atoms with E-state index in [1.54, 1.807) is 0 Å². The Morgan fingerprint density at radius 1 is 0.857 bits per heavy atom. The van der Waals surface area contributed by atoms with Crippen LogP contribution < -0.4 is 10.0 Å². The summed E-state index contributed by atoms with van der Waals surface area (Å²) < 4.78 is 20.6. The molecule has 1 N–H and O–H groups in total. The average molecular weight is 458 g/mol. The van der Waals surface area contributed by atoms with Crippen molar-refractivity contribution in [2.24, 2.45) is 0 Å². The third-order valence-electron chi connectivity index (χ3n) is 6.05. The number of benzene rings is 4. The maximum Gasteiger partial charge on any atom is 0.220 e. The van der Waals surface area contributed by atoms with Gasteiger partial charge in [0.25, 0.3) is 0 Å². The van der Waals surface area contributed by atoms with Crippen molar-refractivity contribution in [1.82, 2.24) is 4.98 Å². The van der Waals surface area contributed by atoms with Gasteiger partial charge in [0.15, 0.2) is 18.6 Å². The smallest absolute Gasteiger partial charge is 0.220 e. The summed E-state index contributed by atoms with van der Waals surface area (Å²) >= 11 is 0. The van der Waals surface area contributed by atoms with Gasteiger partial charge >= 0.3 is 0 Å². The summed E-state index contributed by atoms with van der Waals surface area (Å²) in [5.74, 6) is 1.65. The summed E-state index contributed by atoms with van der Waals surface area (Å²) in [5.41, 5.74) is 7.61. The predicted molar refractivity (Wildman–Crippen MR) is 142 cm³/mol. The van der Waals surface area contributed by atoms with Crippen molar-refractivity contribution in [1.29, 1.82) is 0 Å². The van der Waals surface area contributed by atoms with E-state index in [4.69, 9.17) is 15.5 Å². The van der Waals surface area contributed by atoms with Crippen LogP contribution >= 0.6 is 0 Å². The van der Waals surface area contributed by atoms with Gasteiger partial charge in [0, 0.05) is 12.2 Å². The normalized spacial score (nSPS) is 14.8. The van der Waals surface area contributed by atoms with Gasteiger partial charge in [-0.1, -0.05) is 79.7 Å². The fourth-order valence-corrected chi connectivity index (χ4v) is 4.20. The molecule has 2 heterocycles. The molecule has 0 aliphatic carbocycles. The van der Waals surface area contributed by atoms with Crippen LogP contribution in [-0.4, -0.2) is 4.98 Å². The lowest BCUT2D eigenvalue weighted by Gasteiger charge is -2.03. The molecule has 4 nitrogen and oxygen atoms in total. The summed E-state index contributed by atoms with van der Waals surface area (Å²) in [6, 6.07) is 32.3. The summed E-state index contributed by atoms with van der Waals surface area (Å²) in [5, 5.41) is 1.34. The highest BCUT2D eigenvalue weighted by Gasteiger charge is 2.17. The highest BCUT2D eigenvalue weighted by atomic mass is 16.5. The van der Waals surface area contributed by atoms with Crippen molar-refractivity contribution >= 4 is 22.9 Å². The number of hydrogen-bond donors (Lipinski definition) is 1. The summed E-state index contributed by atoms with van der Waals surface area (Å²) in [6.07, 6.45) is 4.52. The predicted octanol–water partition coefficient (Wildman–Crippen LogP) is 8.30. The Morgan fingerprint density at radius 3 is 2.26 bits per heavy atom. The minimum Gasteiger partial charge on any atom is -0.439 e. The molecule has 0 radical (unpaired) electrons. The molecule has 0 unspecified atom stereocenters. The molecule has 1 aliphatic heterocycles. The van der Waals surface area contributed by atoms with Crippen molar-refractivity contribution in [2.45, 2.75) is 13.3 Å². The first-order valence-electron chi connectivity index (χ1n) is 12.2. The minimum absolute atomic E-state index is 0.450. The molecule has 4 aromatic carbocycles. The number of nitrogens with zero attached hydrogens (tertiary/aromatic N) is 1. The molecular weight excluding hydrogens is 432 g/mol. The quantitative estimate of drug-likeness (QED) is 0.288. The SMILES string of the molecule is [2H]N1/C(=C/C(=C/c2nc3cc(-c4ccccc4)ccc3o2)CC)Oc2ccc(-c3ccccc3)cc21. The van der Waals surface area contributed by atoms with Crippen LogP contribution in [0.5, 0.6) is 5.75 Å². The standard InChI is InChI=1S/C31H24N2O2/c1-2-21(17-30-32-26-19-24(13-15-28(26)34-30)22-9-5-3-6-10-22)18-31-33-27-20-25(14-16-29(27)35-31)23-11-7-4-8-12-23/h3-20,32H,2H2,1H3/b21-18+,30-17-/i/hD. The number of hydrogen-bond acceptors (Lipinski definition) is 4. The largest absolute Gasteiger partial charge is 0.439 e. The van der Waals surface area contributed by atoms with Crippen LogP contribution in [0, 0.1) is 0 Å². The third-order valence-corrected chi connectivity index (χ3v) is 6.05. The van der Waals surface area contributed by atoms with Gasteiger partial charge in [0.2, 0.25) is 5.89 Å². The molecule has 0 amide bonds. The number of nitrogens with one attached hydrogen (secondary N) is 1. The Hall–Kier alpha value is -4.57. The van der Waals surface area contributed by atoms with Crippen LogP contribution in [0.4, 0.5) is 5.69 Å². The minimum atomic E-state index is 0.450. The Bertz CT molecular complexity index is 1600. The zero-order valence-electron chi connectivity index (χ0n) is 20.3. The fourth-order valence-electron chi connectivity index (χ4n) is 4.20. The molecule has 1 aromatic heterocycles. The van der Waals surface area contributed by atoms with E-state index in [1.807, 2.05) is 84.9 Å². The molecule has 170 valence electrons. The number of rotatable bonds is 5. The second-order valence-corrected chi connectivity index (χ2v) is 8.42. The Kier molecular flexibility index (Phi) is 5.10. The van der Waals surface area contributed by atoms with Gasteiger partial charge in [0.05, 0.1) is 5.69 Å². The van der Waals surface area contributed by atoms with Crippen molar-refractivity contribution in [3.8, 4) is 28.0 Å². The number of anilines is 1. The van der Waals surface area contributed by atoms with Gasteiger partial charge in [-0.3, -0.25) is 0 Å². The van der Waals surface area contributed by atoms with Gasteiger partial charge in [0.1, 0.15) is 5.52 Å². The van der Waals surface area contributed by atoms with E-state index in [-0.39, 0.29) is 0 Å². The van der Waals surface area contributed by atoms with Crippen LogP contribution in [0.1, 0.15) is 19.2 Å². The highest BCUT2D eigenvalue weighted by molar-refractivity contribution is 5.81. The first-order valence-corrected chi connectivity index (χ1v) is 11.7. The number of aromatic nitrogens is 1. The summed E-state index contributed by atoms with van der Waals surface area (Å²) in [7, 11) is 0. The van der Waals surface area contributed by atoms with Crippen molar-refractivity contribution in [3.63, 3.8) is 0 Å². The zero-order chi connectivity index (χ0) is 24.5. The monoisotopic (exact) mass is 457 g/mol. The highest BCUT2D eigenvalue weighted by Crippen LogP contribution is 2.37. The molecule has 4 heteroatoms. The molecule has 0 spiro atoms. The second kappa shape index (κ2) is 8.99. The molecule has 6 rings (SSSR count). The topological polar surface area (TPSA) is 47.3 Å². The van der Waals surface area contributed by atoms with Gasteiger partial charge in [-0.2, -0.15) is 0 Å². The number of ether oxygens (including phenoxy) is 1. The maximum atomic E-state index is 8.65. The lowest BCUT2D eigenvalue weighted by Crippen LogP contribution is -1.97. The molecule has 0 fully saturated rings. The number of oxazole rings is 1. The van der Waals surface area contributed by atoms with E-state index in [9.17, 15) is 0 Å². The van der Waals surface area contributed by atoms with E-state index in [0.717, 1.165) is 45.3 Å². The van der Waals surface area contributed by atoms with Gasteiger partial charge in [-0.15, -0.1) is 0 Å².